The second-order valence-electron chi connectivity index (χ2n) is 4.89. The van der Waals surface area contributed by atoms with Crippen molar-refractivity contribution in [2.24, 2.45) is 4.99 Å². The van der Waals surface area contributed by atoms with Gasteiger partial charge in [0.2, 0.25) is 0 Å². The Bertz CT molecular complexity index is 510. The summed E-state index contributed by atoms with van der Waals surface area (Å²) in [6.45, 7) is 4.91. The van der Waals surface area contributed by atoms with Crippen LogP contribution in [0.25, 0.3) is 0 Å². The van der Waals surface area contributed by atoms with Crippen LogP contribution in [0.2, 0.25) is 0 Å². The van der Waals surface area contributed by atoms with Crippen LogP contribution >= 0.6 is 0 Å². The summed E-state index contributed by atoms with van der Waals surface area (Å²) in [5.74, 6) is 0. The Hall–Kier alpha value is -1.04. The molecule has 0 spiro atoms. The average molecular weight is 278 g/mol. The molecule has 1 saturated heterocycles. The molecule has 0 bridgehead atoms. The molecule has 1 aromatic rings. The van der Waals surface area contributed by atoms with Gasteiger partial charge in [-0.15, -0.1) is 0 Å². The van der Waals surface area contributed by atoms with E-state index in [4.69, 9.17) is 4.74 Å². The van der Waals surface area contributed by atoms with Crippen LogP contribution in [-0.2, 0) is 22.0 Å². The number of aliphatic imine (C=N–C) groups is 1. The van der Waals surface area contributed by atoms with Gasteiger partial charge in [0.25, 0.3) is 0 Å². The predicted molar refractivity (Wildman–Crippen MR) is 76.6 cm³/mol. The van der Waals surface area contributed by atoms with E-state index in [9.17, 15) is 4.21 Å². The number of hydrogen-bond acceptors (Lipinski definition) is 4. The van der Waals surface area contributed by atoms with Crippen molar-refractivity contribution in [1.82, 2.24) is 4.90 Å². The van der Waals surface area contributed by atoms with E-state index < -0.39 is 10.8 Å². The number of morpholine rings is 1. The maximum atomic E-state index is 11.7. The molecule has 0 aliphatic carbocycles. The van der Waals surface area contributed by atoms with E-state index >= 15 is 0 Å². The van der Waals surface area contributed by atoms with Crippen LogP contribution in [0.4, 0.5) is 5.69 Å². The number of hydrogen-bond donors (Lipinski definition) is 0. The van der Waals surface area contributed by atoms with Crippen LogP contribution in [0.3, 0.4) is 0 Å². The molecule has 19 heavy (non-hydrogen) atoms. The first-order chi connectivity index (χ1) is 9.33. The van der Waals surface area contributed by atoms with E-state index in [1.807, 2.05) is 12.1 Å². The lowest BCUT2D eigenvalue weighted by atomic mass is 10.1. The first-order valence-electron chi connectivity index (χ1n) is 6.71. The summed E-state index contributed by atoms with van der Waals surface area (Å²) in [7, 11) is -1.04. The molecule has 4 nitrogen and oxygen atoms in total. The van der Waals surface area contributed by atoms with Crippen molar-refractivity contribution in [2.75, 3.05) is 32.8 Å². The minimum Gasteiger partial charge on any atom is -0.379 e. The first kappa shape index (κ1) is 13.0. The highest BCUT2D eigenvalue weighted by molar-refractivity contribution is 7.99. The van der Waals surface area contributed by atoms with E-state index in [-0.39, 0.29) is 0 Å². The molecule has 2 heterocycles. The van der Waals surface area contributed by atoms with E-state index in [0.717, 1.165) is 56.3 Å². The van der Waals surface area contributed by atoms with E-state index in [2.05, 4.69) is 16.0 Å². The molecule has 2 aliphatic heterocycles. The van der Waals surface area contributed by atoms with Crippen molar-refractivity contribution in [2.45, 2.75) is 17.7 Å². The molecule has 102 valence electrons. The minimum absolute atomic E-state index is 0.856. The second-order valence-corrected chi connectivity index (χ2v) is 6.14. The van der Waals surface area contributed by atoms with Crippen molar-refractivity contribution in [3.05, 3.63) is 23.8 Å². The van der Waals surface area contributed by atoms with Gasteiger partial charge in [-0.2, -0.15) is 0 Å². The van der Waals surface area contributed by atoms with Gasteiger partial charge in [0, 0.05) is 13.1 Å². The van der Waals surface area contributed by atoms with Crippen LogP contribution in [0.1, 0.15) is 12.0 Å². The fourth-order valence-corrected chi connectivity index (χ4v) is 3.39. The van der Waals surface area contributed by atoms with E-state index in [0.29, 0.717) is 0 Å². The smallest absolute Gasteiger partial charge is 0.0984 e. The summed E-state index contributed by atoms with van der Waals surface area (Å²) >= 11 is 0. The molecular weight excluding hydrogens is 260 g/mol. The normalized spacial score (nSPS) is 22.6. The number of benzene rings is 1. The third-order valence-electron chi connectivity index (χ3n) is 3.57. The molecule has 0 aromatic heterocycles. The highest BCUT2D eigenvalue weighted by atomic mass is 32.2. The quantitative estimate of drug-likeness (QED) is 0.842. The Balaban J connectivity index is 1.53. The van der Waals surface area contributed by atoms with Crippen molar-refractivity contribution < 1.29 is 8.95 Å². The van der Waals surface area contributed by atoms with Crippen LogP contribution in [0.5, 0.6) is 0 Å². The van der Waals surface area contributed by atoms with Crippen LogP contribution in [0, 0.1) is 0 Å². The summed E-state index contributed by atoms with van der Waals surface area (Å²) in [6, 6.07) is 6.11. The summed E-state index contributed by atoms with van der Waals surface area (Å²) < 4.78 is 17.0. The molecule has 1 atom stereocenters. The summed E-state index contributed by atoms with van der Waals surface area (Å²) in [6.07, 6.45) is 2.16. The zero-order valence-corrected chi connectivity index (χ0v) is 11.7. The number of rotatable bonds is 4. The molecular formula is C14H18N2O2S. The number of nitrogens with zero attached hydrogens (tertiary/aromatic N) is 2. The predicted octanol–water partition coefficient (Wildman–Crippen LogP) is 1.73. The lowest BCUT2D eigenvalue weighted by Crippen LogP contribution is -2.36. The van der Waals surface area contributed by atoms with Gasteiger partial charge in [-0.3, -0.25) is 4.90 Å². The number of aryl methyl sites for hydroxylation is 1. The standard InChI is InChI=1S/C14H18N2O2S/c17-19-11-15-13-4-3-12(10-14(13)19)2-1-5-16-6-8-18-9-7-16/h3-4,10-11H,1-2,5-9H2. The zero-order valence-electron chi connectivity index (χ0n) is 10.9. The van der Waals surface area contributed by atoms with Crippen molar-refractivity contribution in [3.8, 4) is 0 Å². The molecule has 3 rings (SSSR count). The molecule has 1 fully saturated rings. The van der Waals surface area contributed by atoms with Gasteiger partial charge in [-0.05, 0) is 37.1 Å². The summed E-state index contributed by atoms with van der Waals surface area (Å²) in [5.41, 5.74) is 3.63. The van der Waals surface area contributed by atoms with Crippen LogP contribution < -0.4 is 0 Å². The molecule has 2 aliphatic rings. The molecule has 5 heteroatoms. The Morgan fingerprint density at radius 2 is 2.16 bits per heavy atom. The highest BCUT2D eigenvalue weighted by Gasteiger charge is 2.14. The van der Waals surface area contributed by atoms with Gasteiger partial charge in [0.15, 0.2) is 0 Å². The number of ether oxygens (including phenoxy) is 1. The Kier molecular flexibility index (Phi) is 4.06. The fraction of sp³-hybridized carbons (Fsp3) is 0.500. The summed E-state index contributed by atoms with van der Waals surface area (Å²) in [4.78, 5) is 7.44. The van der Waals surface area contributed by atoms with E-state index in [1.54, 1.807) is 0 Å². The zero-order chi connectivity index (χ0) is 13.1. The Morgan fingerprint density at radius 1 is 1.32 bits per heavy atom. The first-order valence-corrected chi connectivity index (χ1v) is 7.92. The van der Waals surface area contributed by atoms with E-state index in [1.165, 1.54) is 11.1 Å². The van der Waals surface area contributed by atoms with Crippen LogP contribution in [-0.4, -0.2) is 47.5 Å². The van der Waals surface area contributed by atoms with Crippen molar-refractivity contribution >= 4 is 22.0 Å². The van der Waals surface area contributed by atoms with Crippen LogP contribution in [0.15, 0.2) is 28.1 Å². The van der Waals surface area contributed by atoms with Gasteiger partial charge >= 0.3 is 0 Å². The Labute approximate surface area is 115 Å². The third-order valence-corrected chi connectivity index (χ3v) is 4.63. The average Bonchev–Trinajstić information content (AvgIpc) is 2.82. The second kappa shape index (κ2) is 5.94. The maximum Gasteiger partial charge on any atom is 0.0984 e. The summed E-state index contributed by atoms with van der Waals surface area (Å²) in [5, 5.41) is 0. The van der Waals surface area contributed by atoms with Gasteiger partial charge in [0.05, 0.1) is 40.1 Å². The SMILES string of the molecule is O=S1C=Nc2ccc(CCCN3CCOCC3)cc21. The van der Waals surface area contributed by atoms with Crippen molar-refractivity contribution in [3.63, 3.8) is 0 Å². The lowest BCUT2D eigenvalue weighted by molar-refractivity contribution is 0.0374. The fourth-order valence-electron chi connectivity index (χ4n) is 2.47. The van der Waals surface area contributed by atoms with Gasteiger partial charge in [-0.25, -0.2) is 9.20 Å². The molecule has 1 unspecified atom stereocenters. The highest BCUT2D eigenvalue weighted by Crippen LogP contribution is 2.28. The number of fused-ring (bicyclic) bond motifs is 1. The Morgan fingerprint density at radius 3 is 3.00 bits per heavy atom. The third kappa shape index (κ3) is 3.11. The molecule has 0 N–H and O–H groups in total. The largest absolute Gasteiger partial charge is 0.379 e. The van der Waals surface area contributed by atoms with Gasteiger partial charge < -0.3 is 4.74 Å². The molecule has 0 saturated carbocycles. The van der Waals surface area contributed by atoms with Gasteiger partial charge in [0.1, 0.15) is 0 Å². The topological polar surface area (TPSA) is 41.9 Å². The molecule has 0 amide bonds. The molecule has 0 radical (unpaired) electrons. The molecule has 1 aromatic carbocycles. The monoisotopic (exact) mass is 278 g/mol. The van der Waals surface area contributed by atoms with Crippen molar-refractivity contribution in [1.29, 1.82) is 0 Å². The lowest BCUT2D eigenvalue weighted by Gasteiger charge is -2.26. The maximum absolute atomic E-state index is 11.7. The minimum atomic E-state index is -1.04. The van der Waals surface area contributed by atoms with Gasteiger partial charge in [-0.1, -0.05) is 6.07 Å².